The number of rotatable bonds is 8. The summed E-state index contributed by atoms with van der Waals surface area (Å²) in [6.45, 7) is 4.16. The minimum Gasteiger partial charge on any atom is -0.481 e. The van der Waals surface area contributed by atoms with Crippen LogP contribution in [0.15, 0.2) is 72.9 Å². The Balaban J connectivity index is 1.41. The molecule has 36 heavy (non-hydrogen) atoms. The number of aromatic nitrogens is 1. The molecular weight excluding hydrogens is 454 g/mol. The van der Waals surface area contributed by atoms with Crippen molar-refractivity contribution < 1.29 is 19.1 Å². The number of aryl methyl sites for hydroxylation is 2. The first kappa shape index (κ1) is 24.9. The summed E-state index contributed by atoms with van der Waals surface area (Å²) in [4.78, 5) is 29.7. The van der Waals surface area contributed by atoms with E-state index in [0.717, 1.165) is 33.0 Å². The van der Waals surface area contributed by atoms with Crippen molar-refractivity contribution in [1.29, 1.82) is 0 Å². The monoisotopic (exact) mass is 483 g/mol. The smallest absolute Gasteiger partial charge is 0.338 e. The van der Waals surface area contributed by atoms with Crippen LogP contribution in [0.3, 0.4) is 0 Å². The molecule has 1 atom stereocenters. The minimum atomic E-state index is -0.528. The van der Waals surface area contributed by atoms with Crippen molar-refractivity contribution in [3.05, 3.63) is 101 Å². The Bertz CT molecular complexity index is 1400. The quantitative estimate of drug-likeness (QED) is 0.346. The largest absolute Gasteiger partial charge is 0.481 e. The van der Waals surface area contributed by atoms with Gasteiger partial charge >= 0.3 is 5.97 Å². The van der Waals surface area contributed by atoms with Crippen LogP contribution in [0.1, 0.15) is 38.5 Å². The fourth-order valence-electron chi connectivity index (χ4n) is 4.13. The zero-order chi connectivity index (χ0) is 25.7. The average molecular weight is 484 g/mol. The number of nitrogens with two attached hydrogens (primary N) is 1. The number of anilines is 1. The third-order valence-electron chi connectivity index (χ3n) is 6.09. The van der Waals surface area contributed by atoms with Crippen LogP contribution in [-0.2, 0) is 16.1 Å². The van der Waals surface area contributed by atoms with Crippen molar-refractivity contribution in [2.45, 2.75) is 26.4 Å². The van der Waals surface area contributed by atoms with Gasteiger partial charge in [-0.2, -0.15) is 0 Å². The second-order valence-corrected chi connectivity index (χ2v) is 8.67. The van der Waals surface area contributed by atoms with Crippen LogP contribution >= 0.6 is 0 Å². The van der Waals surface area contributed by atoms with Crippen molar-refractivity contribution in [3.8, 4) is 5.88 Å². The molecule has 0 aliphatic carbocycles. The lowest BCUT2D eigenvalue weighted by Crippen LogP contribution is -2.27. The molecule has 7 nitrogen and oxygen atoms in total. The Morgan fingerprint density at radius 2 is 1.78 bits per heavy atom. The molecule has 1 aromatic heterocycles. The second kappa shape index (κ2) is 11.0. The molecule has 4 aromatic rings. The SMILES string of the molecule is COc1nccc2cc(NC(=O)C(CN)c3ccc(COC(=O)c4ccc(C)cc4C)cc3)ccc12. The standard InChI is InChI=1S/C29H29N3O4/c1-18-4-10-24(19(2)14-18)29(34)36-17-20-5-7-21(8-6-20)26(16-30)27(33)32-23-9-11-25-22(15-23)12-13-31-28(25)35-3/h4-15,26H,16-17,30H2,1-3H3,(H,32,33). The van der Waals surface area contributed by atoms with Crippen LogP contribution in [0.2, 0.25) is 0 Å². The van der Waals surface area contributed by atoms with E-state index in [4.69, 9.17) is 15.2 Å². The zero-order valence-corrected chi connectivity index (χ0v) is 20.6. The predicted molar refractivity (Wildman–Crippen MR) is 140 cm³/mol. The molecule has 0 fully saturated rings. The molecule has 7 heteroatoms. The number of esters is 1. The molecule has 3 N–H and O–H groups in total. The number of pyridine rings is 1. The lowest BCUT2D eigenvalue weighted by Gasteiger charge is -2.16. The van der Waals surface area contributed by atoms with E-state index >= 15 is 0 Å². The van der Waals surface area contributed by atoms with Crippen molar-refractivity contribution in [1.82, 2.24) is 4.98 Å². The highest BCUT2D eigenvalue weighted by Crippen LogP contribution is 2.26. The number of fused-ring (bicyclic) bond motifs is 1. The number of benzene rings is 3. The topological polar surface area (TPSA) is 104 Å². The number of methoxy groups -OCH3 is 1. The predicted octanol–water partition coefficient (Wildman–Crippen LogP) is 4.90. The molecule has 0 aliphatic heterocycles. The van der Waals surface area contributed by atoms with Crippen molar-refractivity contribution >= 4 is 28.3 Å². The maximum absolute atomic E-state index is 13.0. The number of ether oxygens (including phenoxy) is 2. The third kappa shape index (κ3) is 5.53. The highest BCUT2D eigenvalue weighted by molar-refractivity contribution is 5.98. The van der Waals surface area contributed by atoms with Crippen LogP contribution in [0, 0.1) is 13.8 Å². The van der Waals surface area contributed by atoms with E-state index in [0.29, 0.717) is 17.1 Å². The Kier molecular flexibility index (Phi) is 7.61. The molecule has 1 unspecified atom stereocenters. The fourth-order valence-corrected chi connectivity index (χ4v) is 4.13. The van der Waals surface area contributed by atoms with Crippen molar-refractivity contribution in [2.75, 3.05) is 19.0 Å². The van der Waals surface area contributed by atoms with Gasteiger partial charge in [0.15, 0.2) is 0 Å². The number of carbonyl (C=O) groups is 2. The van der Waals surface area contributed by atoms with Gasteiger partial charge in [0.2, 0.25) is 11.8 Å². The first-order valence-corrected chi connectivity index (χ1v) is 11.7. The van der Waals surface area contributed by atoms with Gasteiger partial charge in [0.25, 0.3) is 0 Å². The number of carbonyl (C=O) groups excluding carboxylic acids is 2. The van der Waals surface area contributed by atoms with Crippen molar-refractivity contribution in [3.63, 3.8) is 0 Å². The molecule has 1 heterocycles. The third-order valence-corrected chi connectivity index (χ3v) is 6.09. The molecule has 0 radical (unpaired) electrons. The maximum atomic E-state index is 13.0. The first-order chi connectivity index (χ1) is 17.4. The molecule has 3 aromatic carbocycles. The van der Waals surface area contributed by atoms with E-state index in [1.165, 1.54) is 0 Å². The minimum absolute atomic E-state index is 0.140. The molecule has 0 spiro atoms. The molecule has 184 valence electrons. The summed E-state index contributed by atoms with van der Waals surface area (Å²) in [5.41, 5.74) is 10.8. The normalized spacial score (nSPS) is 11.7. The van der Waals surface area contributed by atoms with Gasteiger partial charge in [-0.3, -0.25) is 4.79 Å². The average Bonchev–Trinajstić information content (AvgIpc) is 2.88. The molecule has 0 saturated carbocycles. The Hall–Kier alpha value is -4.23. The number of nitrogens with one attached hydrogen (secondary N) is 1. The summed E-state index contributed by atoms with van der Waals surface area (Å²) in [5.74, 6) is -0.559. The van der Waals surface area contributed by atoms with E-state index in [1.807, 2.05) is 74.5 Å². The van der Waals surface area contributed by atoms with E-state index in [9.17, 15) is 9.59 Å². The van der Waals surface area contributed by atoms with Gasteiger partial charge in [0.1, 0.15) is 6.61 Å². The first-order valence-electron chi connectivity index (χ1n) is 11.7. The lowest BCUT2D eigenvalue weighted by molar-refractivity contribution is -0.117. The van der Waals surface area contributed by atoms with E-state index in [2.05, 4.69) is 10.3 Å². The number of nitrogens with zero attached hydrogens (tertiary/aromatic N) is 1. The molecule has 0 aliphatic rings. The number of hydrogen-bond donors (Lipinski definition) is 2. The van der Waals surface area contributed by atoms with Crippen LogP contribution in [-0.4, -0.2) is 30.5 Å². The van der Waals surface area contributed by atoms with Gasteiger partial charge in [-0.15, -0.1) is 0 Å². The molecule has 4 rings (SSSR count). The van der Waals surface area contributed by atoms with Gasteiger partial charge in [0, 0.05) is 23.8 Å². The van der Waals surface area contributed by atoms with E-state index in [-0.39, 0.29) is 25.0 Å². The Labute approximate surface area is 210 Å². The Morgan fingerprint density at radius 3 is 2.47 bits per heavy atom. The summed E-state index contributed by atoms with van der Waals surface area (Å²) in [7, 11) is 1.57. The number of amides is 1. The Morgan fingerprint density at radius 1 is 1.00 bits per heavy atom. The van der Waals surface area contributed by atoms with Gasteiger partial charge < -0.3 is 20.5 Å². The van der Waals surface area contributed by atoms with Crippen LogP contribution < -0.4 is 15.8 Å². The molecule has 0 bridgehead atoms. The summed E-state index contributed by atoms with van der Waals surface area (Å²) in [6, 6.07) is 20.4. The van der Waals surface area contributed by atoms with Gasteiger partial charge in [-0.05, 0) is 66.3 Å². The molecule has 0 saturated heterocycles. The van der Waals surface area contributed by atoms with Crippen LogP contribution in [0.5, 0.6) is 5.88 Å². The summed E-state index contributed by atoms with van der Waals surface area (Å²) >= 11 is 0. The molecule has 1 amide bonds. The summed E-state index contributed by atoms with van der Waals surface area (Å²) in [6.07, 6.45) is 1.66. The lowest BCUT2D eigenvalue weighted by atomic mass is 9.97. The fraction of sp³-hybridized carbons (Fsp3) is 0.207. The maximum Gasteiger partial charge on any atom is 0.338 e. The van der Waals surface area contributed by atoms with E-state index in [1.54, 1.807) is 19.4 Å². The summed E-state index contributed by atoms with van der Waals surface area (Å²) < 4.78 is 10.8. The van der Waals surface area contributed by atoms with Gasteiger partial charge in [-0.25, -0.2) is 9.78 Å². The molecular formula is C29H29N3O4. The zero-order valence-electron chi connectivity index (χ0n) is 20.6. The van der Waals surface area contributed by atoms with Gasteiger partial charge in [-0.1, -0.05) is 42.0 Å². The van der Waals surface area contributed by atoms with Crippen molar-refractivity contribution in [2.24, 2.45) is 5.73 Å². The van der Waals surface area contributed by atoms with E-state index < -0.39 is 5.92 Å². The highest BCUT2D eigenvalue weighted by Gasteiger charge is 2.20. The second-order valence-electron chi connectivity index (χ2n) is 8.67. The summed E-state index contributed by atoms with van der Waals surface area (Å²) in [5, 5.41) is 4.72. The van der Waals surface area contributed by atoms with Gasteiger partial charge in [0.05, 0.1) is 18.6 Å². The highest BCUT2D eigenvalue weighted by atomic mass is 16.5. The number of hydrogen-bond acceptors (Lipinski definition) is 6. The van der Waals surface area contributed by atoms with Crippen LogP contribution in [0.4, 0.5) is 5.69 Å². The van der Waals surface area contributed by atoms with Crippen LogP contribution in [0.25, 0.3) is 10.8 Å².